The van der Waals surface area contributed by atoms with Gasteiger partial charge in [-0.15, -0.1) is 0 Å². The second-order valence-electron chi connectivity index (χ2n) is 4.83. The van der Waals surface area contributed by atoms with E-state index in [1.165, 1.54) is 6.07 Å². The van der Waals surface area contributed by atoms with Crippen molar-refractivity contribution < 1.29 is 4.39 Å². The van der Waals surface area contributed by atoms with E-state index in [1.807, 2.05) is 12.1 Å². The maximum absolute atomic E-state index is 13.2. The minimum absolute atomic E-state index is 0.221. The molecule has 3 aromatic rings. The number of pyridine rings is 1. The van der Waals surface area contributed by atoms with Gasteiger partial charge in [0.1, 0.15) is 5.82 Å². The normalized spacial score (nSPS) is 11.0. The largest absolute Gasteiger partial charge is 0.308 e. The summed E-state index contributed by atoms with van der Waals surface area (Å²) in [6, 6.07) is 14.8. The minimum Gasteiger partial charge on any atom is -0.308 e. The molecule has 0 spiro atoms. The van der Waals surface area contributed by atoms with Crippen molar-refractivity contribution >= 4 is 26.8 Å². The van der Waals surface area contributed by atoms with E-state index in [-0.39, 0.29) is 5.82 Å². The second kappa shape index (κ2) is 6.33. The smallest absolute Gasteiger partial charge is 0.123 e. The van der Waals surface area contributed by atoms with Crippen molar-refractivity contribution in [3.63, 3.8) is 0 Å². The molecule has 0 saturated carbocycles. The van der Waals surface area contributed by atoms with Crippen LogP contribution in [-0.2, 0) is 13.1 Å². The van der Waals surface area contributed by atoms with Crippen LogP contribution in [0.3, 0.4) is 0 Å². The second-order valence-corrected chi connectivity index (χ2v) is 5.69. The standard InChI is InChI=1S/C17H14BrFN2/c18-16-7-6-15(19)9-14(16)11-20-10-13-4-1-3-12-5-2-8-21-17(12)13/h1-9,20H,10-11H2. The molecule has 0 saturated heterocycles. The first kappa shape index (κ1) is 14.2. The lowest BCUT2D eigenvalue weighted by atomic mass is 10.1. The Morgan fingerprint density at radius 1 is 1.00 bits per heavy atom. The third kappa shape index (κ3) is 3.28. The molecule has 1 aromatic heterocycles. The molecule has 0 atom stereocenters. The van der Waals surface area contributed by atoms with Crippen LogP contribution in [0.25, 0.3) is 10.9 Å². The molecule has 2 nitrogen and oxygen atoms in total. The van der Waals surface area contributed by atoms with Gasteiger partial charge < -0.3 is 5.32 Å². The Hall–Kier alpha value is -1.78. The van der Waals surface area contributed by atoms with Crippen molar-refractivity contribution in [3.05, 3.63) is 76.1 Å². The van der Waals surface area contributed by atoms with E-state index in [1.54, 1.807) is 18.3 Å². The van der Waals surface area contributed by atoms with Gasteiger partial charge in [-0.25, -0.2) is 4.39 Å². The van der Waals surface area contributed by atoms with Crippen LogP contribution in [-0.4, -0.2) is 4.98 Å². The Morgan fingerprint density at radius 3 is 2.71 bits per heavy atom. The number of rotatable bonds is 4. The fourth-order valence-electron chi connectivity index (χ4n) is 2.32. The fourth-order valence-corrected chi connectivity index (χ4v) is 2.71. The lowest BCUT2D eigenvalue weighted by Gasteiger charge is -2.09. The summed E-state index contributed by atoms with van der Waals surface area (Å²) in [6.45, 7) is 1.29. The molecule has 0 amide bonds. The van der Waals surface area contributed by atoms with Crippen LogP contribution in [0.5, 0.6) is 0 Å². The Kier molecular flexibility index (Phi) is 4.27. The average molecular weight is 345 g/mol. The molecule has 0 unspecified atom stereocenters. The number of hydrogen-bond donors (Lipinski definition) is 1. The number of hydrogen-bond acceptors (Lipinski definition) is 2. The summed E-state index contributed by atoms with van der Waals surface area (Å²) in [4.78, 5) is 4.43. The van der Waals surface area contributed by atoms with Crippen LogP contribution < -0.4 is 5.32 Å². The van der Waals surface area contributed by atoms with E-state index < -0.39 is 0 Å². The van der Waals surface area contributed by atoms with Crippen molar-refractivity contribution in [1.29, 1.82) is 0 Å². The highest BCUT2D eigenvalue weighted by molar-refractivity contribution is 9.10. The molecule has 3 rings (SSSR count). The topological polar surface area (TPSA) is 24.9 Å². The van der Waals surface area contributed by atoms with E-state index in [4.69, 9.17) is 0 Å². The summed E-state index contributed by atoms with van der Waals surface area (Å²) >= 11 is 3.44. The predicted molar refractivity (Wildman–Crippen MR) is 86.4 cm³/mol. The third-order valence-corrected chi connectivity index (χ3v) is 4.13. The Labute approximate surface area is 131 Å². The Bertz CT molecular complexity index is 768. The highest BCUT2D eigenvalue weighted by Crippen LogP contribution is 2.19. The molecule has 21 heavy (non-hydrogen) atoms. The van der Waals surface area contributed by atoms with Gasteiger partial charge >= 0.3 is 0 Å². The summed E-state index contributed by atoms with van der Waals surface area (Å²) in [5.74, 6) is -0.221. The van der Waals surface area contributed by atoms with Crippen molar-refractivity contribution in [2.45, 2.75) is 13.1 Å². The molecule has 0 radical (unpaired) electrons. The quantitative estimate of drug-likeness (QED) is 0.757. The minimum atomic E-state index is -0.221. The van der Waals surface area contributed by atoms with Gasteiger partial charge in [0, 0.05) is 29.1 Å². The van der Waals surface area contributed by atoms with Gasteiger partial charge in [0.2, 0.25) is 0 Å². The van der Waals surface area contributed by atoms with Crippen molar-refractivity contribution in [2.24, 2.45) is 0 Å². The molecule has 1 heterocycles. The highest BCUT2D eigenvalue weighted by atomic mass is 79.9. The summed E-state index contributed by atoms with van der Waals surface area (Å²) < 4.78 is 14.2. The summed E-state index contributed by atoms with van der Waals surface area (Å²) in [5, 5.41) is 4.47. The van der Waals surface area contributed by atoms with Crippen LogP contribution in [0, 0.1) is 5.82 Å². The van der Waals surface area contributed by atoms with Crippen molar-refractivity contribution in [2.75, 3.05) is 0 Å². The highest BCUT2D eigenvalue weighted by Gasteiger charge is 2.04. The molecule has 1 N–H and O–H groups in total. The molecule has 0 aliphatic rings. The first-order chi connectivity index (χ1) is 10.2. The molecular formula is C17H14BrFN2. The van der Waals surface area contributed by atoms with Crippen molar-refractivity contribution in [3.8, 4) is 0 Å². The lowest BCUT2D eigenvalue weighted by Crippen LogP contribution is -2.13. The van der Waals surface area contributed by atoms with E-state index >= 15 is 0 Å². The molecular weight excluding hydrogens is 331 g/mol. The maximum atomic E-state index is 13.2. The van der Waals surface area contributed by atoms with Gasteiger partial charge in [-0.2, -0.15) is 0 Å². The zero-order valence-electron chi connectivity index (χ0n) is 11.3. The van der Waals surface area contributed by atoms with Gasteiger partial charge in [0.15, 0.2) is 0 Å². The maximum Gasteiger partial charge on any atom is 0.123 e. The number of nitrogens with zero attached hydrogens (tertiary/aromatic N) is 1. The number of halogens is 2. The van der Waals surface area contributed by atoms with Gasteiger partial charge in [-0.3, -0.25) is 4.98 Å². The summed E-state index contributed by atoms with van der Waals surface area (Å²) in [6.07, 6.45) is 1.80. The number of para-hydroxylation sites is 1. The summed E-state index contributed by atoms with van der Waals surface area (Å²) in [7, 11) is 0. The first-order valence-corrected chi connectivity index (χ1v) is 7.50. The van der Waals surface area contributed by atoms with Gasteiger partial charge in [0.25, 0.3) is 0 Å². The Balaban J connectivity index is 1.74. The third-order valence-electron chi connectivity index (χ3n) is 3.35. The number of aromatic nitrogens is 1. The lowest BCUT2D eigenvalue weighted by molar-refractivity contribution is 0.619. The average Bonchev–Trinajstić information content (AvgIpc) is 2.51. The Morgan fingerprint density at radius 2 is 1.81 bits per heavy atom. The zero-order chi connectivity index (χ0) is 14.7. The van der Waals surface area contributed by atoms with Crippen LogP contribution in [0.2, 0.25) is 0 Å². The summed E-state index contributed by atoms with van der Waals surface area (Å²) in [5.41, 5.74) is 3.05. The molecule has 2 aromatic carbocycles. The SMILES string of the molecule is Fc1ccc(Br)c(CNCc2cccc3cccnc23)c1. The zero-order valence-corrected chi connectivity index (χ0v) is 12.9. The van der Waals surface area contributed by atoms with Crippen LogP contribution >= 0.6 is 15.9 Å². The van der Waals surface area contributed by atoms with Crippen LogP contribution in [0.15, 0.2) is 59.2 Å². The van der Waals surface area contributed by atoms with E-state index in [0.29, 0.717) is 13.1 Å². The van der Waals surface area contributed by atoms with E-state index in [0.717, 1.165) is 26.5 Å². The molecule has 0 fully saturated rings. The van der Waals surface area contributed by atoms with E-state index in [2.05, 4.69) is 44.4 Å². The monoisotopic (exact) mass is 344 g/mol. The van der Waals surface area contributed by atoms with Gasteiger partial charge in [0.05, 0.1) is 5.52 Å². The number of nitrogens with one attached hydrogen (secondary N) is 1. The fraction of sp³-hybridized carbons (Fsp3) is 0.118. The molecule has 106 valence electrons. The molecule has 0 bridgehead atoms. The molecule has 0 aliphatic carbocycles. The number of fused-ring (bicyclic) bond motifs is 1. The molecule has 0 aliphatic heterocycles. The van der Waals surface area contributed by atoms with E-state index in [9.17, 15) is 4.39 Å². The van der Waals surface area contributed by atoms with Gasteiger partial charge in [-0.1, -0.05) is 40.2 Å². The predicted octanol–water partition coefficient (Wildman–Crippen LogP) is 4.43. The number of benzene rings is 2. The van der Waals surface area contributed by atoms with Crippen molar-refractivity contribution in [1.82, 2.24) is 10.3 Å². The van der Waals surface area contributed by atoms with Gasteiger partial charge in [-0.05, 0) is 35.4 Å². The van der Waals surface area contributed by atoms with Crippen LogP contribution in [0.4, 0.5) is 4.39 Å². The van der Waals surface area contributed by atoms with Crippen LogP contribution in [0.1, 0.15) is 11.1 Å². The first-order valence-electron chi connectivity index (χ1n) is 6.71. The molecule has 4 heteroatoms.